The average molecular weight is 382 g/mol. The number of aromatic nitrogens is 2. The van der Waals surface area contributed by atoms with Crippen molar-refractivity contribution in [2.75, 3.05) is 0 Å². The van der Waals surface area contributed by atoms with Crippen molar-refractivity contribution in [2.24, 2.45) is 17.4 Å². The number of carboxylic acids is 1. The molecule has 0 bridgehead atoms. The highest BCUT2D eigenvalue weighted by Crippen LogP contribution is 2.06. The molecule has 0 radical (unpaired) electrons. The number of primary amides is 1. The molecule has 1 aromatic rings. The molecule has 1 heterocycles. The summed E-state index contributed by atoms with van der Waals surface area (Å²) in [4.78, 5) is 53.9. The van der Waals surface area contributed by atoms with Gasteiger partial charge in [0.1, 0.15) is 12.1 Å². The number of hydrogen-bond donors (Lipinski definition) is 6. The highest BCUT2D eigenvalue weighted by atomic mass is 16.4. The van der Waals surface area contributed by atoms with Crippen LogP contribution in [-0.4, -0.2) is 56.9 Å². The van der Waals surface area contributed by atoms with Gasteiger partial charge in [0.15, 0.2) is 0 Å². The Labute approximate surface area is 156 Å². The summed E-state index contributed by atoms with van der Waals surface area (Å²) in [5, 5.41) is 14.0. The van der Waals surface area contributed by atoms with E-state index in [1.807, 2.05) is 6.92 Å². The van der Waals surface area contributed by atoms with Crippen molar-refractivity contribution in [1.82, 2.24) is 20.6 Å². The van der Waals surface area contributed by atoms with Crippen molar-refractivity contribution in [3.8, 4) is 0 Å². The number of nitrogens with two attached hydrogens (primary N) is 2. The molecule has 1 rings (SSSR count). The molecule has 150 valence electrons. The van der Waals surface area contributed by atoms with E-state index in [9.17, 15) is 24.3 Å². The van der Waals surface area contributed by atoms with Crippen molar-refractivity contribution in [1.29, 1.82) is 0 Å². The summed E-state index contributed by atoms with van der Waals surface area (Å²) in [7, 11) is 0. The zero-order valence-electron chi connectivity index (χ0n) is 15.3. The molecule has 0 fully saturated rings. The predicted molar refractivity (Wildman–Crippen MR) is 95.0 cm³/mol. The van der Waals surface area contributed by atoms with Crippen LogP contribution < -0.4 is 22.1 Å². The van der Waals surface area contributed by atoms with Crippen LogP contribution in [-0.2, 0) is 25.6 Å². The van der Waals surface area contributed by atoms with Crippen molar-refractivity contribution >= 4 is 23.7 Å². The number of nitrogens with one attached hydrogen (secondary N) is 3. The molecule has 0 unspecified atom stereocenters. The second-order valence-electron chi connectivity index (χ2n) is 6.32. The second-order valence-corrected chi connectivity index (χ2v) is 6.32. The van der Waals surface area contributed by atoms with E-state index in [1.165, 1.54) is 12.5 Å². The summed E-state index contributed by atoms with van der Waals surface area (Å²) < 4.78 is 0. The van der Waals surface area contributed by atoms with Gasteiger partial charge < -0.3 is 32.2 Å². The van der Waals surface area contributed by atoms with Crippen LogP contribution in [0.2, 0.25) is 0 Å². The number of aromatic amines is 1. The molecule has 11 heteroatoms. The lowest BCUT2D eigenvalue weighted by atomic mass is 9.99. The number of carbonyl (C=O) groups excluding carboxylic acids is 3. The zero-order valence-corrected chi connectivity index (χ0v) is 15.3. The molecule has 0 aliphatic rings. The van der Waals surface area contributed by atoms with Gasteiger partial charge in [0.25, 0.3) is 0 Å². The van der Waals surface area contributed by atoms with Gasteiger partial charge in [-0.2, -0.15) is 0 Å². The Morgan fingerprint density at radius 3 is 2.33 bits per heavy atom. The van der Waals surface area contributed by atoms with E-state index in [0.717, 1.165) is 0 Å². The number of rotatable bonds is 11. The third-order valence-electron chi connectivity index (χ3n) is 4.19. The molecule has 0 saturated carbocycles. The molecular formula is C16H26N6O5. The van der Waals surface area contributed by atoms with Gasteiger partial charge in [-0.3, -0.25) is 14.4 Å². The number of imidazole rings is 1. The highest BCUT2D eigenvalue weighted by Gasteiger charge is 2.30. The van der Waals surface area contributed by atoms with Crippen LogP contribution in [0, 0.1) is 5.92 Å². The van der Waals surface area contributed by atoms with E-state index in [-0.39, 0.29) is 12.3 Å². The lowest BCUT2D eigenvalue weighted by molar-refractivity contribution is -0.142. The van der Waals surface area contributed by atoms with Crippen LogP contribution >= 0.6 is 0 Å². The maximum absolute atomic E-state index is 12.5. The number of nitrogens with zero attached hydrogens (tertiary/aromatic N) is 1. The summed E-state index contributed by atoms with van der Waals surface area (Å²) >= 11 is 0. The fourth-order valence-corrected chi connectivity index (χ4v) is 2.28. The third-order valence-corrected chi connectivity index (χ3v) is 4.19. The fourth-order valence-electron chi connectivity index (χ4n) is 2.28. The SMILES string of the molecule is CC[C@H](C)[C@H](N)C(=O)N[C@@H](CC(N)=O)C(=O)N[C@@H](Cc1cnc[nH]1)C(=O)O. The largest absolute Gasteiger partial charge is 0.480 e. The highest BCUT2D eigenvalue weighted by molar-refractivity contribution is 5.94. The Hall–Kier alpha value is -2.95. The Balaban J connectivity index is 2.84. The summed E-state index contributed by atoms with van der Waals surface area (Å²) in [6.45, 7) is 3.64. The van der Waals surface area contributed by atoms with E-state index >= 15 is 0 Å². The molecule has 0 aliphatic heterocycles. The monoisotopic (exact) mass is 382 g/mol. The Kier molecular flexibility index (Phi) is 8.39. The summed E-state index contributed by atoms with van der Waals surface area (Å²) in [5.41, 5.74) is 11.5. The van der Waals surface area contributed by atoms with Gasteiger partial charge in [-0.25, -0.2) is 9.78 Å². The van der Waals surface area contributed by atoms with E-state index in [4.69, 9.17) is 11.5 Å². The van der Waals surface area contributed by atoms with Crippen LogP contribution in [0.1, 0.15) is 32.4 Å². The number of carboxylic acid groups (broad SMARTS) is 1. The van der Waals surface area contributed by atoms with Crippen molar-refractivity contribution < 1.29 is 24.3 Å². The molecule has 0 saturated heterocycles. The molecule has 8 N–H and O–H groups in total. The van der Waals surface area contributed by atoms with Crippen molar-refractivity contribution in [3.63, 3.8) is 0 Å². The van der Waals surface area contributed by atoms with E-state index in [0.29, 0.717) is 12.1 Å². The maximum Gasteiger partial charge on any atom is 0.326 e. The Morgan fingerprint density at radius 2 is 1.85 bits per heavy atom. The van der Waals surface area contributed by atoms with Gasteiger partial charge in [-0.15, -0.1) is 0 Å². The second kappa shape index (κ2) is 10.3. The first kappa shape index (κ1) is 22.1. The lowest BCUT2D eigenvalue weighted by Gasteiger charge is -2.23. The molecule has 3 amide bonds. The van der Waals surface area contributed by atoms with Crippen LogP contribution in [0.4, 0.5) is 0 Å². The number of H-pyrrole nitrogens is 1. The number of hydrogen-bond acceptors (Lipinski definition) is 6. The minimum Gasteiger partial charge on any atom is -0.480 e. The molecule has 11 nitrogen and oxygen atoms in total. The number of amides is 3. The van der Waals surface area contributed by atoms with Gasteiger partial charge in [0, 0.05) is 18.3 Å². The first-order chi connectivity index (χ1) is 12.6. The molecule has 27 heavy (non-hydrogen) atoms. The lowest BCUT2D eigenvalue weighted by Crippen LogP contribution is -2.56. The molecule has 0 aliphatic carbocycles. The van der Waals surface area contributed by atoms with Crippen LogP contribution in [0.15, 0.2) is 12.5 Å². The minimum absolute atomic E-state index is 0.0509. The topological polar surface area (TPSA) is 193 Å². The Bertz CT molecular complexity index is 662. The third kappa shape index (κ3) is 7.05. The first-order valence-corrected chi connectivity index (χ1v) is 8.50. The van der Waals surface area contributed by atoms with Gasteiger partial charge >= 0.3 is 5.97 Å². The molecule has 0 aromatic carbocycles. The minimum atomic E-state index is -1.33. The quantitative estimate of drug-likeness (QED) is 0.261. The molecule has 1 aromatic heterocycles. The average Bonchev–Trinajstić information content (AvgIpc) is 3.11. The standard InChI is InChI=1S/C16H26N6O5/c1-3-8(2)13(18)15(25)21-10(5-12(17)23)14(24)22-11(16(26)27)4-9-6-19-7-20-9/h6-8,10-11,13H,3-5,18H2,1-2H3,(H2,17,23)(H,19,20)(H,21,25)(H,22,24)(H,26,27)/t8-,10-,11-,13-/m0/s1. The maximum atomic E-state index is 12.5. The summed E-state index contributed by atoms with van der Waals surface area (Å²) in [6.07, 6.45) is 2.91. The normalized spacial score (nSPS) is 15.2. The van der Waals surface area contributed by atoms with E-state index in [2.05, 4.69) is 20.6 Å². The van der Waals surface area contributed by atoms with Crippen LogP contribution in [0.25, 0.3) is 0 Å². The molecule has 0 spiro atoms. The summed E-state index contributed by atoms with van der Waals surface area (Å²) in [6, 6.07) is -3.49. The van der Waals surface area contributed by atoms with Crippen LogP contribution in [0.5, 0.6) is 0 Å². The molecule has 4 atom stereocenters. The summed E-state index contributed by atoms with van der Waals surface area (Å²) in [5.74, 6) is -3.71. The fraction of sp³-hybridized carbons (Fsp3) is 0.562. The van der Waals surface area contributed by atoms with Gasteiger partial charge in [0.2, 0.25) is 17.7 Å². The van der Waals surface area contributed by atoms with E-state index in [1.54, 1.807) is 6.92 Å². The predicted octanol–water partition coefficient (Wildman–Crippen LogP) is -1.74. The number of aliphatic carboxylic acids is 1. The van der Waals surface area contributed by atoms with Crippen molar-refractivity contribution in [2.45, 2.75) is 51.2 Å². The first-order valence-electron chi connectivity index (χ1n) is 8.50. The zero-order chi connectivity index (χ0) is 20.6. The van der Waals surface area contributed by atoms with Gasteiger partial charge in [-0.1, -0.05) is 20.3 Å². The number of carbonyl (C=O) groups is 4. The Morgan fingerprint density at radius 1 is 1.22 bits per heavy atom. The molecular weight excluding hydrogens is 356 g/mol. The van der Waals surface area contributed by atoms with Crippen molar-refractivity contribution in [3.05, 3.63) is 18.2 Å². The van der Waals surface area contributed by atoms with Gasteiger partial charge in [0.05, 0.1) is 18.8 Å². The van der Waals surface area contributed by atoms with Gasteiger partial charge in [-0.05, 0) is 5.92 Å². The van der Waals surface area contributed by atoms with Crippen LogP contribution in [0.3, 0.4) is 0 Å². The van der Waals surface area contributed by atoms with E-state index < -0.39 is 48.2 Å². The smallest absolute Gasteiger partial charge is 0.326 e.